The number of carbonyl (C=O) groups excluding carboxylic acids is 2. The molecule has 3 amide bonds. The molecule has 1 saturated heterocycles. The zero-order chi connectivity index (χ0) is 23.8. The number of hydrogen-bond acceptors (Lipinski definition) is 3. The lowest BCUT2D eigenvalue weighted by Crippen LogP contribution is -2.49. The van der Waals surface area contributed by atoms with Gasteiger partial charge in [-0.2, -0.15) is 5.10 Å². The molecule has 3 aromatic rings. The minimum Gasteiger partial charge on any atom is -0.327 e. The van der Waals surface area contributed by atoms with Gasteiger partial charge in [-0.1, -0.05) is 50.2 Å². The van der Waals surface area contributed by atoms with Crippen molar-refractivity contribution in [2.24, 2.45) is 5.92 Å². The Kier molecular flexibility index (Phi) is 5.86. The van der Waals surface area contributed by atoms with Crippen molar-refractivity contribution in [2.75, 3.05) is 18.4 Å². The fourth-order valence-electron chi connectivity index (χ4n) is 5.36. The number of nitrogens with one attached hydrogen (secondary N) is 1. The van der Waals surface area contributed by atoms with E-state index < -0.39 is 0 Å². The van der Waals surface area contributed by atoms with E-state index in [1.165, 1.54) is 0 Å². The van der Waals surface area contributed by atoms with Crippen LogP contribution in [0.25, 0.3) is 5.69 Å². The lowest BCUT2D eigenvalue weighted by Gasteiger charge is -2.40. The van der Waals surface area contributed by atoms with Crippen molar-refractivity contribution >= 4 is 17.6 Å². The molecule has 2 aliphatic heterocycles. The number of amides is 3. The van der Waals surface area contributed by atoms with E-state index in [1.807, 2.05) is 77.2 Å². The average Bonchev–Trinajstić information content (AvgIpc) is 3.35. The number of carbonyl (C=O) groups is 2. The van der Waals surface area contributed by atoms with Crippen molar-refractivity contribution in [1.82, 2.24) is 19.6 Å². The van der Waals surface area contributed by atoms with Crippen molar-refractivity contribution in [1.29, 1.82) is 0 Å². The van der Waals surface area contributed by atoms with E-state index in [9.17, 15) is 9.59 Å². The van der Waals surface area contributed by atoms with E-state index in [0.717, 1.165) is 35.5 Å². The highest BCUT2D eigenvalue weighted by molar-refractivity contribution is 5.99. The maximum absolute atomic E-state index is 13.8. The van der Waals surface area contributed by atoms with E-state index in [0.29, 0.717) is 18.8 Å². The highest BCUT2D eigenvalue weighted by atomic mass is 16.2. The molecule has 0 aliphatic carbocycles. The van der Waals surface area contributed by atoms with Gasteiger partial charge in [0.15, 0.2) is 0 Å². The van der Waals surface area contributed by atoms with Crippen molar-refractivity contribution in [3.05, 3.63) is 77.6 Å². The Balaban J connectivity index is 1.36. The summed E-state index contributed by atoms with van der Waals surface area (Å²) >= 11 is 0. The molecule has 0 radical (unpaired) electrons. The highest BCUT2D eigenvalue weighted by Gasteiger charge is 2.47. The van der Waals surface area contributed by atoms with Gasteiger partial charge in [0.1, 0.15) is 5.69 Å². The van der Waals surface area contributed by atoms with Gasteiger partial charge in [0.25, 0.3) is 5.91 Å². The molecule has 34 heavy (non-hydrogen) atoms. The number of hydrogen-bond donors (Lipinski definition) is 1. The van der Waals surface area contributed by atoms with Crippen molar-refractivity contribution < 1.29 is 9.59 Å². The molecule has 2 aromatic carbocycles. The van der Waals surface area contributed by atoms with E-state index in [4.69, 9.17) is 5.10 Å². The second-order valence-electron chi connectivity index (χ2n) is 9.51. The molecule has 1 atom stereocenters. The Hall–Kier alpha value is -3.61. The zero-order valence-corrected chi connectivity index (χ0v) is 19.9. The van der Waals surface area contributed by atoms with Crippen LogP contribution in [0.15, 0.2) is 60.7 Å². The lowest BCUT2D eigenvalue weighted by atomic mass is 9.93. The number of urea groups is 1. The normalized spacial score (nSPS) is 18.5. The molecule has 1 unspecified atom stereocenters. The molecule has 5 rings (SSSR count). The number of fused-ring (bicyclic) bond motifs is 1. The number of para-hydroxylation sites is 2. The summed E-state index contributed by atoms with van der Waals surface area (Å²) < 4.78 is 1.81. The summed E-state index contributed by atoms with van der Waals surface area (Å²) in [6, 6.07) is 19.4. The fraction of sp³-hybridized carbons (Fsp3) is 0.370. The number of piperidine rings is 1. The molecule has 0 spiro atoms. The molecular weight excluding hydrogens is 426 g/mol. The van der Waals surface area contributed by atoms with Gasteiger partial charge in [-0.3, -0.25) is 4.79 Å². The molecule has 0 saturated carbocycles. The smallest absolute Gasteiger partial charge is 0.321 e. The van der Waals surface area contributed by atoms with Crippen molar-refractivity contribution in [3.63, 3.8) is 0 Å². The average molecular weight is 458 g/mol. The number of benzene rings is 2. The fourth-order valence-corrected chi connectivity index (χ4v) is 5.36. The Morgan fingerprint density at radius 2 is 1.62 bits per heavy atom. The van der Waals surface area contributed by atoms with Crippen LogP contribution in [0.4, 0.5) is 10.5 Å². The van der Waals surface area contributed by atoms with Gasteiger partial charge in [-0.15, -0.1) is 0 Å². The van der Waals surface area contributed by atoms with Gasteiger partial charge in [-0.05, 0) is 49.9 Å². The van der Waals surface area contributed by atoms with Crippen LogP contribution in [-0.4, -0.2) is 50.6 Å². The second kappa shape index (κ2) is 8.97. The number of nitrogens with zero attached hydrogens (tertiary/aromatic N) is 4. The van der Waals surface area contributed by atoms with Crippen LogP contribution in [0.5, 0.6) is 0 Å². The first-order valence-electron chi connectivity index (χ1n) is 12.0. The quantitative estimate of drug-likeness (QED) is 0.597. The number of rotatable bonds is 4. The first kappa shape index (κ1) is 22.2. The van der Waals surface area contributed by atoms with Crippen LogP contribution in [0.1, 0.15) is 54.5 Å². The number of likely N-dealkylation sites (tertiary alicyclic amines) is 1. The molecular formula is C27H31N5O2. The molecule has 7 nitrogen and oxygen atoms in total. The van der Waals surface area contributed by atoms with Crippen LogP contribution in [0.2, 0.25) is 0 Å². The van der Waals surface area contributed by atoms with Crippen molar-refractivity contribution in [3.8, 4) is 5.69 Å². The summed E-state index contributed by atoms with van der Waals surface area (Å²) in [6.07, 6.45) is 1.53. The summed E-state index contributed by atoms with van der Waals surface area (Å²) in [7, 11) is 0. The SMILES string of the molecule is Cc1nn(-c2ccccc2)c2c1C(C(C)C)N(C1CCN(C(=O)Nc3ccccc3)CC1)C2=O. The summed E-state index contributed by atoms with van der Waals surface area (Å²) in [5, 5.41) is 7.72. The summed E-state index contributed by atoms with van der Waals surface area (Å²) in [4.78, 5) is 30.5. The number of anilines is 1. The maximum atomic E-state index is 13.8. The predicted molar refractivity (Wildman–Crippen MR) is 132 cm³/mol. The highest BCUT2D eigenvalue weighted by Crippen LogP contribution is 2.44. The first-order valence-corrected chi connectivity index (χ1v) is 12.0. The van der Waals surface area contributed by atoms with Crippen molar-refractivity contribution in [2.45, 2.75) is 45.7 Å². The van der Waals surface area contributed by atoms with Crippen LogP contribution in [0.3, 0.4) is 0 Å². The second-order valence-corrected chi connectivity index (χ2v) is 9.51. The van der Waals surface area contributed by atoms with Gasteiger partial charge >= 0.3 is 6.03 Å². The molecule has 176 valence electrons. The van der Waals surface area contributed by atoms with Crippen LogP contribution in [-0.2, 0) is 0 Å². The minimum atomic E-state index is -0.0864. The lowest BCUT2D eigenvalue weighted by molar-refractivity contribution is 0.0453. The van der Waals surface area contributed by atoms with E-state index in [1.54, 1.807) is 0 Å². The topological polar surface area (TPSA) is 70.5 Å². The van der Waals surface area contributed by atoms with Crippen LogP contribution < -0.4 is 5.32 Å². The predicted octanol–water partition coefficient (Wildman–Crippen LogP) is 5.03. The van der Waals surface area contributed by atoms with Gasteiger partial charge < -0.3 is 15.1 Å². The molecule has 7 heteroatoms. The molecule has 1 fully saturated rings. The standard InChI is InChI=1S/C27H31N5O2/c1-18(2)24-23-19(3)29-32(22-12-8-5-9-13-22)25(23)26(33)31(24)21-14-16-30(17-15-21)27(34)28-20-10-6-4-7-11-20/h4-13,18,21,24H,14-17H2,1-3H3,(H,28,34). The zero-order valence-electron chi connectivity index (χ0n) is 19.9. The third kappa shape index (κ3) is 3.85. The third-order valence-electron chi connectivity index (χ3n) is 6.94. The van der Waals surface area contributed by atoms with Gasteiger partial charge in [0, 0.05) is 30.4 Å². The minimum absolute atomic E-state index is 0.00495. The maximum Gasteiger partial charge on any atom is 0.321 e. The molecule has 1 aromatic heterocycles. The Morgan fingerprint density at radius 1 is 1.00 bits per heavy atom. The first-order chi connectivity index (χ1) is 16.5. The van der Waals surface area contributed by atoms with Gasteiger partial charge in [0.05, 0.1) is 17.4 Å². The number of aromatic nitrogens is 2. The molecule has 2 aliphatic rings. The summed E-state index contributed by atoms with van der Waals surface area (Å²) in [6.45, 7) is 7.58. The monoisotopic (exact) mass is 457 g/mol. The van der Waals surface area contributed by atoms with Crippen LogP contribution >= 0.6 is 0 Å². The van der Waals surface area contributed by atoms with E-state index in [2.05, 4.69) is 24.1 Å². The van der Waals surface area contributed by atoms with Gasteiger partial charge in [-0.25, -0.2) is 9.48 Å². The Labute approximate surface area is 200 Å². The summed E-state index contributed by atoms with van der Waals surface area (Å²) in [5.74, 6) is 0.307. The molecule has 3 heterocycles. The molecule has 1 N–H and O–H groups in total. The van der Waals surface area contributed by atoms with E-state index >= 15 is 0 Å². The largest absolute Gasteiger partial charge is 0.327 e. The van der Waals surface area contributed by atoms with Gasteiger partial charge in [0.2, 0.25) is 0 Å². The Morgan fingerprint density at radius 3 is 2.24 bits per heavy atom. The number of aryl methyl sites for hydroxylation is 1. The third-order valence-corrected chi connectivity index (χ3v) is 6.94. The molecule has 0 bridgehead atoms. The van der Waals surface area contributed by atoms with Crippen LogP contribution in [0, 0.1) is 12.8 Å². The van der Waals surface area contributed by atoms with E-state index in [-0.39, 0.29) is 29.9 Å². The summed E-state index contributed by atoms with van der Waals surface area (Å²) in [5.41, 5.74) is 4.34. The Bertz CT molecular complexity index is 1180.